The number of hydrogen-bond donors (Lipinski definition) is 0. The minimum Gasteiger partial charge on any atom is -0.393 e. The summed E-state index contributed by atoms with van der Waals surface area (Å²) in [4.78, 5) is 23.3. The Balaban J connectivity index is 2.72. The molecule has 1 fully saturated rings. The van der Waals surface area contributed by atoms with Gasteiger partial charge in [-0.25, -0.2) is 0 Å². The molecule has 0 aromatic rings. The zero-order valence-corrected chi connectivity index (χ0v) is 15.8. The molecule has 1 rings (SSSR count). The second kappa shape index (κ2) is 9.44. The molecule has 3 heteroatoms. The van der Waals surface area contributed by atoms with E-state index < -0.39 is 0 Å². The SMILES string of the molecule is CCCC(C)CC(C)CC(CC)(CCC)CC1CC(=O)OC1=O. The van der Waals surface area contributed by atoms with Gasteiger partial charge in [-0.05, 0) is 42.9 Å². The maximum absolute atomic E-state index is 11.9. The molecular formula is C20H36O3. The van der Waals surface area contributed by atoms with Crippen molar-refractivity contribution in [2.24, 2.45) is 23.2 Å². The van der Waals surface area contributed by atoms with Crippen molar-refractivity contribution in [1.82, 2.24) is 0 Å². The molecule has 0 aliphatic carbocycles. The van der Waals surface area contributed by atoms with Crippen LogP contribution in [0.5, 0.6) is 0 Å². The highest BCUT2D eigenvalue weighted by Crippen LogP contribution is 2.44. The summed E-state index contributed by atoms with van der Waals surface area (Å²) in [7, 11) is 0. The van der Waals surface area contributed by atoms with E-state index in [-0.39, 0.29) is 29.7 Å². The fourth-order valence-corrected chi connectivity index (χ4v) is 4.60. The predicted octanol–water partition coefficient (Wildman–Crippen LogP) is 5.52. The van der Waals surface area contributed by atoms with Gasteiger partial charge in [0.15, 0.2) is 0 Å². The Kier molecular flexibility index (Phi) is 8.28. The molecule has 1 aliphatic heterocycles. The molecule has 0 amide bonds. The molecule has 23 heavy (non-hydrogen) atoms. The van der Waals surface area contributed by atoms with Crippen LogP contribution in [0, 0.1) is 23.2 Å². The molecule has 1 aliphatic rings. The van der Waals surface area contributed by atoms with Crippen LogP contribution in [0.25, 0.3) is 0 Å². The van der Waals surface area contributed by atoms with Gasteiger partial charge in [0.1, 0.15) is 0 Å². The van der Waals surface area contributed by atoms with Gasteiger partial charge in [-0.3, -0.25) is 9.59 Å². The minimum atomic E-state index is -0.342. The quantitative estimate of drug-likeness (QED) is 0.371. The van der Waals surface area contributed by atoms with Gasteiger partial charge in [-0.2, -0.15) is 0 Å². The summed E-state index contributed by atoms with van der Waals surface area (Å²) in [5, 5.41) is 0. The lowest BCUT2D eigenvalue weighted by atomic mass is 9.67. The fourth-order valence-electron chi connectivity index (χ4n) is 4.60. The molecule has 134 valence electrons. The van der Waals surface area contributed by atoms with Crippen LogP contribution in [0.3, 0.4) is 0 Å². The first-order valence-electron chi connectivity index (χ1n) is 9.60. The molecule has 3 nitrogen and oxygen atoms in total. The summed E-state index contributed by atoms with van der Waals surface area (Å²) in [6, 6.07) is 0. The summed E-state index contributed by atoms with van der Waals surface area (Å²) in [5.74, 6) is 0.580. The van der Waals surface area contributed by atoms with Crippen molar-refractivity contribution in [3.63, 3.8) is 0 Å². The van der Waals surface area contributed by atoms with E-state index in [9.17, 15) is 9.59 Å². The summed E-state index contributed by atoms with van der Waals surface area (Å²) in [6.07, 6.45) is 9.38. The van der Waals surface area contributed by atoms with E-state index in [1.54, 1.807) is 0 Å². The molecular weight excluding hydrogens is 288 g/mol. The Morgan fingerprint density at radius 1 is 1.13 bits per heavy atom. The third kappa shape index (κ3) is 6.27. The molecule has 1 saturated heterocycles. The fraction of sp³-hybridized carbons (Fsp3) is 0.900. The van der Waals surface area contributed by atoms with E-state index in [1.807, 2.05) is 0 Å². The number of cyclic esters (lactones) is 2. The van der Waals surface area contributed by atoms with E-state index in [2.05, 4.69) is 34.6 Å². The molecule has 0 aromatic carbocycles. The lowest BCUT2D eigenvalue weighted by Gasteiger charge is -2.37. The van der Waals surface area contributed by atoms with Crippen molar-refractivity contribution in [3.8, 4) is 0 Å². The number of ether oxygens (including phenoxy) is 1. The van der Waals surface area contributed by atoms with Crippen LogP contribution in [0.4, 0.5) is 0 Å². The van der Waals surface area contributed by atoms with Crippen LogP contribution < -0.4 is 0 Å². The van der Waals surface area contributed by atoms with Crippen LogP contribution >= 0.6 is 0 Å². The first-order valence-corrected chi connectivity index (χ1v) is 9.60. The van der Waals surface area contributed by atoms with E-state index >= 15 is 0 Å². The number of esters is 2. The van der Waals surface area contributed by atoms with Gasteiger partial charge in [-0.15, -0.1) is 0 Å². The zero-order chi connectivity index (χ0) is 17.5. The topological polar surface area (TPSA) is 43.4 Å². The van der Waals surface area contributed by atoms with Crippen LogP contribution in [-0.4, -0.2) is 11.9 Å². The van der Waals surface area contributed by atoms with Crippen LogP contribution in [0.2, 0.25) is 0 Å². The summed E-state index contributed by atoms with van der Waals surface area (Å²) in [5.41, 5.74) is 0.175. The van der Waals surface area contributed by atoms with E-state index in [0.29, 0.717) is 5.92 Å². The largest absolute Gasteiger partial charge is 0.393 e. The summed E-state index contributed by atoms with van der Waals surface area (Å²) < 4.78 is 4.77. The Labute approximate surface area is 142 Å². The van der Waals surface area contributed by atoms with Gasteiger partial charge < -0.3 is 4.74 Å². The van der Waals surface area contributed by atoms with E-state index in [1.165, 1.54) is 19.3 Å². The van der Waals surface area contributed by atoms with Gasteiger partial charge >= 0.3 is 11.9 Å². The standard InChI is InChI=1S/C20H36O3/c1-6-9-15(4)11-16(5)13-20(8-3,10-7-2)14-17-12-18(21)23-19(17)22/h15-17H,6-14H2,1-5H3. The third-order valence-corrected chi connectivity index (χ3v) is 5.54. The highest BCUT2D eigenvalue weighted by atomic mass is 16.6. The number of hydrogen-bond acceptors (Lipinski definition) is 3. The normalized spacial score (nSPS) is 23.4. The lowest BCUT2D eigenvalue weighted by Crippen LogP contribution is -2.28. The third-order valence-electron chi connectivity index (χ3n) is 5.54. The van der Waals surface area contributed by atoms with Crippen molar-refractivity contribution in [1.29, 1.82) is 0 Å². The predicted molar refractivity (Wildman–Crippen MR) is 93.9 cm³/mol. The van der Waals surface area contributed by atoms with Crippen molar-refractivity contribution in [3.05, 3.63) is 0 Å². The van der Waals surface area contributed by atoms with Gasteiger partial charge in [0.05, 0.1) is 12.3 Å². The first kappa shape index (κ1) is 20.2. The Hall–Kier alpha value is -0.860. The molecule has 0 bridgehead atoms. The lowest BCUT2D eigenvalue weighted by molar-refractivity contribution is -0.153. The van der Waals surface area contributed by atoms with E-state index in [4.69, 9.17) is 4.74 Å². The smallest absolute Gasteiger partial charge is 0.317 e. The summed E-state index contributed by atoms with van der Waals surface area (Å²) >= 11 is 0. The monoisotopic (exact) mass is 324 g/mol. The Bertz CT molecular complexity index is 390. The number of carbonyl (C=O) groups is 2. The molecule has 0 spiro atoms. The van der Waals surface area contributed by atoms with Gasteiger partial charge in [0.25, 0.3) is 0 Å². The van der Waals surface area contributed by atoms with Crippen LogP contribution in [0.15, 0.2) is 0 Å². The van der Waals surface area contributed by atoms with Gasteiger partial charge in [-0.1, -0.05) is 60.3 Å². The Morgan fingerprint density at radius 3 is 2.30 bits per heavy atom. The maximum Gasteiger partial charge on any atom is 0.317 e. The molecule has 4 unspecified atom stereocenters. The average Bonchev–Trinajstić information content (AvgIpc) is 2.76. The molecule has 1 heterocycles. The van der Waals surface area contributed by atoms with Gasteiger partial charge in [0.2, 0.25) is 0 Å². The second-order valence-corrected chi connectivity index (χ2v) is 7.94. The molecule has 4 atom stereocenters. The summed E-state index contributed by atoms with van der Waals surface area (Å²) in [6.45, 7) is 11.4. The molecule has 0 radical (unpaired) electrons. The highest BCUT2D eigenvalue weighted by molar-refractivity contribution is 5.94. The van der Waals surface area contributed by atoms with Gasteiger partial charge in [0, 0.05) is 0 Å². The maximum atomic E-state index is 11.9. The zero-order valence-electron chi connectivity index (χ0n) is 15.8. The first-order chi connectivity index (χ1) is 10.9. The number of rotatable bonds is 11. The average molecular weight is 325 g/mol. The molecule has 0 aromatic heterocycles. The highest BCUT2D eigenvalue weighted by Gasteiger charge is 2.40. The van der Waals surface area contributed by atoms with Crippen molar-refractivity contribution >= 4 is 11.9 Å². The number of carbonyl (C=O) groups excluding carboxylic acids is 2. The Morgan fingerprint density at radius 2 is 1.83 bits per heavy atom. The van der Waals surface area contributed by atoms with Crippen molar-refractivity contribution in [2.45, 2.75) is 92.4 Å². The van der Waals surface area contributed by atoms with Crippen LogP contribution in [-0.2, 0) is 14.3 Å². The molecule has 0 N–H and O–H groups in total. The van der Waals surface area contributed by atoms with Crippen molar-refractivity contribution < 1.29 is 14.3 Å². The van der Waals surface area contributed by atoms with E-state index in [0.717, 1.165) is 38.0 Å². The second-order valence-electron chi connectivity index (χ2n) is 7.94. The van der Waals surface area contributed by atoms with Crippen LogP contribution in [0.1, 0.15) is 92.4 Å². The van der Waals surface area contributed by atoms with Crippen molar-refractivity contribution in [2.75, 3.05) is 0 Å². The molecule has 0 saturated carbocycles. The minimum absolute atomic E-state index is 0.175.